The third kappa shape index (κ3) is 4.94. The first-order valence-corrected chi connectivity index (χ1v) is 5.89. The van der Waals surface area contributed by atoms with Gasteiger partial charge in [-0.2, -0.15) is 5.26 Å². The van der Waals surface area contributed by atoms with Crippen LogP contribution in [0.25, 0.3) is 0 Å². The highest BCUT2D eigenvalue weighted by Gasteiger charge is 2.04. The minimum Gasteiger partial charge on any atom is -0.337 e. The molecule has 0 bridgehead atoms. The molecule has 0 atom stereocenters. The summed E-state index contributed by atoms with van der Waals surface area (Å²) in [6.07, 6.45) is 0. The molecule has 0 aliphatic heterocycles. The van der Waals surface area contributed by atoms with Gasteiger partial charge in [-0.05, 0) is 23.8 Å². The van der Waals surface area contributed by atoms with E-state index in [0.29, 0.717) is 30.8 Å². The van der Waals surface area contributed by atoms with E-state index in [2.05, 4.69) is 10.6 Å². The number of nitrogens with zero attached hydrogens (tertiary/aromatic N) is 2. The number of amides is 2. The van der Waals surface area contributed by atoms with Crippen molar-refractivity contribution >= 4 is 6.03 Å². The topological polar surface area (TPSA) is 68.2 Å². The number of hydrogen-bond acceptors (Lipinski definition) is 3. The molecule has 0 fully saturated rings. The van der Waals surface area contributed by atoms with E-state index in [-0.39, 0.29) is 11.8 Å². The maximum atomic E-state index is 13.1. The third-order valence-corrected chi connectivity index (χ3v) is 2.49. The molecule has 0 spiro atoms. The minimum absolute atomic E-state index is 0.162. The second kappa shape index (κ2) is 7.34. The zero-order chi connectivity index (χ0) is 14.3. The number of carbonyl (C=O) groups excluding carboxylic acids is 1. The fourth-order valence-corrected chi connectivity index (χ4v) is 1.46. The first-order chi connectivity index (χ1) is 9.04. The zero-order valence-electron chi connectivity index (χ0n) is 11.0. The van der Waals surface area contributed by atoms with Crippen molar-refractivity contribution in [1.82, 2.24) is 15.5 Å². The lowest BCUT2D eigenvalue weighted by Crippen LogP contribution is -2.38. The Labute approximate surface area is 112 Å². The van der Waals surface area contributed by atoms with E-state index in [1.165, 1.54) is 23.1 Å². The summed E-state index contributed by atoms with van der Waals surface area (Å²) < 4.78 is 13.1. The van der Waals surface area contributed by atoms with E-state index in [9.17, 15) is 9.18 Å². The Morgan fingerprint density at radius 2 is 2.16 bits per heavy atom. The van der Waals surface area contributed by atoms with Crippen LogP contribution < -0.4 is 10.6 Å². The maximum absolute atomic E-state index is 13.1. The van der Waals surface area contributed by atoms with Gasteiger partial charge in [0.05, 0.1) is 11.6 Å². The molecule has 0 aliphatic rings. The van der Waals surface area contributed by atoms with Gasteiger partial charge in [0.15, 0.2) is 0 Å². The van der Waals surface area contributed by atoms with Gasteiger partial charge < -0.3 is 15.5 Å². The molecule has 0 aromatic heterocycles. The first-order valence-electron chi connectivity index (χ1n) is 5.89. The predicted octanol–water partition coefficient (Wildman–Crippen LogP) is 1.06. The van der Waals surface area contributed by atoms with Gasteiger partial charge in [-0.15, -0.1) is 0 Å². The van der Waals surface area contributed by atoms with Crippen LogP contribution in [0, 0.1) is 17.1 Å². The number of rotatable bonds is 5. The van der Waals surface area contributed by atoms with Crippen molar-refractivity contribution in [3.8, 4) is 6.07 Å². The van der Waals surface area contributed by atoms with E-state index in [0.717, 1.165) is 0 Å². The quantitative estimate of drug-likeness (QED) is 0.781. The molecule has 19 heavy (non-hydrogen) atoms. The van der Waals surface area contributed by atoms with Crippen molar-refractivity contribution in [2.24, 2.45) is 0 Å². The standard InChI is InChI=1S/C13H17FN4O/c1-18(2)13(19)17-6-5-16-9-11-7-12(14)4-3-10(11)8-15/h3-4,7,16H,5-6,9H2,1-2H3,(H,17,19). The summed E-state index contributed by atoms with van der Waals surface area (Å²) in [5.74, 6) is -0.364. The van der Waals surface area contributed by atoms with Gasteiger partial charge in [0.2, 0.25) is 0 Å². The number of halogens is 1. The van der Waals surface area contributed by atoms with Crippen LogP contribution in [-0.4, -0.2) is 38.1 Å². The molecule has 5 nitrogen and oxygen atoms in total. The number of urea groups is 1. The molecule has 6 heteroatoms. The van der Waals surface area contributed by atoms with E-state index >= 15 is 0 Å². The number of nitrogens with one attached hydrogen (secondary N) is 2. The average molecular weight is 264 g/mol. The van der Waals surface area contributed by atoms with Gasteiger partial charge in [-0.3, -0.25) is 0 Å². The summed E-state index contributed by atoms with van der Waals surface area (Å²) in [6, 6.07) is 5.91. The van der Waals surface area contributed by atoms with Gasteiger partial charge in [-0.25, -0.2) is 9.18 Å². The van der Waals surface area contributed by atoms with Crippen LogP contribution in [0.5, 0.6) is 0 Å². The fraction of sp³-hybridized carbons (Fsp3) is 0.385. The van der Waals surface area contributed by atoms with E-state index < -0.39 is 0 Å². The summed E-state index contributed by atoms with van der Waals surface area (Å²) in [5, 5.41) is 14.6. The number of benzene rings is 1. The largest absolute Gasteiger partial charge is 0.337 e. The SMILES string of the molecule is CN(C)C(=O)NCCNCc1cc(F)ccc1C#N. The van der Waals surface area contributed by atoms with Crippen LogP contribution in [0.2, 0.25) is 0 Å². The summed E-state index contributed by atoms with van der Waals surface area (Å²) in [7, 11) is 3.32. The summed E-state index contributed by atoms with van der Waals surface area (Å²) >= 11 is 0. The highest BCUT2D eigenvalue weighted by molar-refractivity contribution is 5.73. The van der Waals surface area contributed by atoms with Crippen molar-refractivity contribution in [3.05, 3.63) is 35.1 Å². The van der Waals surface area contributed by atoms with Gasteiger partial charge in [-0.1, -0.05) is 0 Å². The molecule has 0 saturated heterocycles. The second-order valence-electron chi connectivity index (χ2n) is 4.22. The zero-order valence-corrected chi connectivity index (χ0v) is 11.0. The average Bonchev–Trinajstić information content (AvgIpc) is 2.38. The van der Waals surface area contributed by atoms with Gasteiger partial charge in [0.1, 0.15) is 5.82 Å². The number of carbonyl (C=O) groups is 1. The maximum Gasteiger partial charge on any atom is 0.316 e. The highest BCUT2D eigenvalue weighted by Crippen LogP contribution is 2.09. The monoisotopic (exact) mass is 264 g/mol. The van der Waals surface area contributed by atoms with Crippen molar-refractivity contribution in [3.63, 3.8) is 0 Å². The number of hydrogen-bond donors (Lipinski definition) is 2. The molecule has 102 valence electrons. The van der Waals surface area contributed by atoms with Crippen LogP contribution in [0.15, 0.2) is 18.2 Å². The molecule has 1 aromatic carbocycles. The van der Waals surface area contributed by atoms with Crippen LogP contribution in [-0.2, 0) is 6.54 Å². The van der Waals surface area contributed by atoms with E-state index in [1.807, 2.05) is 6.07 Å². The molecule has 2 N–H and O–H groups in total. The molecular formula is C13H17FN4O. The lowest BCUT2D eigenvalue weighted by molar-refractivity contribution is 0.217. The van der Waals surface area contributed by atoms with Crippen molar-refractivity contribution < 1.29 is 9.18 Å². The molecule has 1 rings (SSSR count). The molecule has 0 saturated carbocycles. The Kier molecular flexibility index (Phi) is 5.76. The highest BCUT2D eigenvalue weighted by atomic mass is 19.1. The van der Waals surface area contributed by atoms with Crippen molar-refractivity contribution in [1.29, 1.82) is 5.26 Å². The predicted molar refractivity (Wildman–Crippen MR) is 69.9 cm³/mol. The molecule has 0 radical (unpaired) electrons. The normalized spacial score (nSPS) is 9.79. The smallest absolute Gasteiger partial charge is 0.316 e. The van der Waals surface area contributed by atoms with Gasteiger partial charge >= 0.3 is 6.03 Å². The number of nitriles is 1. The Bertz CT molecular complexity index is 482. The Balaban J connectivity index is 2.36. The van der Waals surface area contributed by atoms with Crippen LogP contribution in [0.1, 0.15) is 11.1 Å². The molecule has 0 heterocycles. The molecule has 1 aromatic rings. The Morgan fingerprint density at radius 3 is 2.79 bits per heavy atom. The van der Waals surface area contributed by atoms with Gasteiger partial charge in [0, 0.05) is 33.7 Å². The Hall–Kier alpha value is -2.13. The van der Waals surface area contributed by atoms with E-state index in [1.54, 1.807) is 14.1 Å². The minimum atomic E-state index is -0.364. The molecule has 2 amide bonds. The second-order valence-corrected chi connectivity index (χ2v) is 4.22. The lowest BCUT2D eigenvalue weighted by Gasteiger charge is -2.12. The first kappa shape index (κ1) is 14.9. The van der Waals surface area contributed by atoms with Crippen molar-refractivity contribution in [2.45, 2.75) is 6.54 Å². The molecule has 0 unspecified atom stereocenters. The lowest BCUT2D eigenvalue weighted by atomic mass is 10.1. The molecule has 0 aliphatic carbocycles. The van der Waals surface area contributed by atoms with Crippen LogP contribution >= 0.6 is 0 Å². The summed E-state index contributed by atoms with van der Waals surface area (Å²) in [6.45, 7) is 1.40. The van der Waals surface area contributed by atoms with E-state index in [4.69, 9.17) is 5.26 Å². The fourth-order valence-electron chi connectivity index (χ4n) is 1.46. The molecular weight excluding hydrogens is 247 g/mol. The Morgan fingerprint density at radius 1 is 1.42 bits per heavy atom. The van der Waals surface area contributed by atoms with Crippen molar-refractivity contribution in [2.75, 3.05) is 27.2 Å². The van der Waals surface area contributed by atoms with Crippen LogP contribution in [0.4, 0.5) is 9.18 Å². The van der Waals surface area contributed by atoms with Gasteiger partial charge in [0.25, 0.3) is 0 Å². The van der Waals surface area contributed by atoms with Crippen LogP contribution in [0.3, 0.4) is 0 Å². The summed E-state index contributed by atoms with van der Waals surface area (Å²) in [4.78, 5) is 12.7. The third-order valence-electron chi connectivity index (χ3n) is 2.49. The summed E-state index contributed by atoms with van der Waals surface area (Å²) in [5.41, 5.74) is 1.06.